The van der Waals surface area contributed by atoms with Crippen LogP contribution in [-0.4, -0.2) is 30.4 Å². The van der Waals surface area contributed by atoms with Crippen LogP contribution in [0.2, 0.25) is 0 Å². The predicted molar refractivity (Wildman–Crippen MR) is 119 cm³/mol. The Hall–Kier alpha value is -1.62. The number of sulfonamides is 1. The molecule has 0 N–H and O–H groups in total. The molecule has 5 heteroatoms. The van der Waals surface area contributed by atoms with Gasteiger partial charge in [-0.05, 0) is 84.7 Å². The molecule has 1 aliphatic heterocycles. The van der Waals surface area contributed by atoms with Crippen LogP contribution in [0.4, 0.5) is 0 Å². The Bertz CT molecular complexity index is 1140. The molecule has 1 saturated heterocycles. The monoisotopic (exact) mass is 437 g/mol. The lowest BCUT2D eigenvalue weighted by Crippen LogP contribution is -2.49. The normalized spacial score (nSPS) is 45.0. The molecular formula is C26H31NO3S. The first kappa shape index (κ1) is 18.9. The molecule has 0 aromatic heterocycles. The molecule has 4 nitrogen and oxygen atoms in total. The van der Waals surface area contributed by atoms with Crippen molar-refractivity contribution < 1.29 is 13.2 Å². The highest BCUT2D eigenvalue weighted by molar-refractivity contribution is 7.90. The Labute approximate surface area is 185 Å². The van der Waals surface area contributed by atoms with E-state index in [1.54, 1.807) is 0 Å². The number of fused-ring (bicyclic) bond motifs is 6. The van der Waals surface area contributed by atoms with E-state index in [4.69, 9.17) is 0 Å². The second-order valence-corrected chi connectivity index (χ2v) is 13.6. The van der Waals surface area contributed by atoms with Crippen LogP contribution in [0.3, 0.4) is 0 Å². The van der Waals surface area contributed by atoms with Crippen LogP contribution in [0, 0.1) is 40.4 Å². The average molecular weight is 438 g/mol. The lowest BCUT2D eigenvalue weighted by Gasteiger charge is -2.46. The lowest BCUT2D eigenvalue weighted by atomic mass is 9.59. The highest BCUT2D eigenvalue weighted by Gasteiger charge is 2.73. The van der Waals surface area contributed by atoms with E-state index in [0.29, 0.717) is 23.7 Å². The molecule has 6 aliphatic rings. The van der Waals surface area contributed by atoms with Crippen molar-refractivity contribution in [1.29, 1.82) is 0 Å². The van der Waals surface area contributed by atoms with E-state index in [1.807, 2.05) is 18.2 Å². The van der Waals surface area contributed by atoms with Crippen molar-refractivity contribution in [2.75, 3.05) is 5.75 Å². The lowest BCUT2D eigenvalue weighted by molar-refractivity contribution is -0.126. The van der Waals surface area contributed by atoms with Gasteiger partial charge in [0.2, 0.25) is 10.0 Å². The minimum absolute atomic E-state index is 0.00895. The molecule has 1 aromatic carbocycles. The van der Waals surface area contributed by atoms with Crippen LogP contribution in [0.25, 0.3) is 5.57 Å². The summed E-state index contributed by atoms with van der Waals surface area (Å²) in [6, 6.07) is 10.1. The van der Waals surface area contributed by atoms with Gasteiger partial charge in [0, 0.05) is 11.0 Å². The van der Waals surface area contributed by atoms with Crippen molar-refractivity contribution in [3.05, 3.63) is 41.5 Å². The number of allylic oxidation sites excluding steroid dienone is 1. The Morgan fingerprint density at radius 2 is 1.71 bits per heavy atom. The standard InChI is InChI=1S/C26H31NO3S/c1-25(2)18-10-11-26(25)14-31(29,30)27(19(26)13-18)24(28)23-20(15-6-4-3-5-7-15)21-16-8-9-17(12-16)22(21)23/h3-7,16-19,21-22H,8-14H2,1-2H3/t16-,17+,18-,19-,21-,22-,26-/m1/s1. The van der Waals surface area contributed by atoms with Crippen molar-refractivity contribution in [1.82, 2.24) is 4.31 Å². The van der Waals surface area contributed by atoms with Crippen LogP contribution in [0.5, 0.6) is 0 Å². The Kier molecular flexibility index (Phi) is 3.44. The summed E-state index contributed by atoms with van der Waals surface area (Å²) < 4.78 is 28.4. The first-order valence-corrected chi connectivity index (χ1v) is 13.7. The fourth-order valence-corrected chi connectivity index (χ4v) is 11.8. The zero-order chi connectivity index (χ0) is 21.3. The van der Waals surface area contributed by atoms with Gasteiger partial charge in [0.1, 0.15) is 0 Å². The van der Waals surface area contributed by atoms with E-state index in [0.717, 1.165) is 30.4 Å². The summed E-state index contributed by atoms with van der Waals surface area (Å²) in [4.78, 5) is 14.2. The molecule has 5 aliphatic carbocycles. The number of hydrogen-bond acceptors (Lipinski definition) is 3. The molecule has 0 unspecified atom stereocenters. The number of benzene rings is 1. The topological polar surface area (TPSA) is 54.5 Å². The van der Waals surface area contributed by atoms with Crippen LogP contribution in [-0.2, 0) is 14.8 Å². The van der Waals surface area contributed by atoms with Crippen LogP contribution in [0.1, 0.15) is 57.9 Å². The van der Waals surface area contributed by atoms with Gasteiger partial charge in [-0.3, -0.25) is 4.79 Å². The molecule has 1 heterocycles. The van der Waals surface area contributed by atoms with Crippen molar-refractivity contribution in [3.63, 3.8) is 0 Å². The molecule has 1 aromatic rings. The van der Waals surface area contributed by atoms with Gasteiger partial charge >= 0.3 is 0 Å². The zero-order valence-corrected chi connectivity index (χ0v) is 19.2. The summed E-state index contributed by atoms with van der Waals surface area (Å²) in [5.74, 6) is 2.49. The highest BCUT2D eigenvalue weighted by Crippen LogP contribution is 2.71. The Morgan fingerprint density at radius 1 is 1.00 bits per heavy atom. The van der Waals surface area contributed by atoms with Gasteiger partial charge in [0.15, 0.2) is 0 Å². The number of hydrogen-bond donors (Lipinski definition) is 0. The van der Waals surface area contributed by atoms with E-state index in [-0.39, 0.29) is 34.4 Å². The molecule has 7 atom stereocenters. The smallest absolute Gasteiger partial charge is 0.264 e. The summed E-state index contributed by atoms with van der Waals surface area (Å²) in [7, 11) is -3.58. The van der Waals surface area contributed by atoms with E-state index >= 15 is 0 Å². The largest absolute Gasteiger partial charge is 0.268 e. The minimum Gasteiger partial charge on any atom is -0.268 e. The number of carbonyl (C=O) groups is 1. The molecule has 7 rings (SSSR count). The minimum atomic E-state index is -3.58. The number of nitrogens with zero attached hydrogens (tertiary/aromatic N) is 1. The van der Waals surface area contributed by atoms with E-state index < -0.39 is 10.0 Å². The van der Waals surface area contributed by atoms with Gasteiger partial charge in [-0.25, -0.2) is 12.7 Å². The van der Waals surface area contributed by atoms with Gasteiger partial charge in [0.25, 0.3) is 5.91 Å². The summed E-state index contributed by atoms with van der Waals surface area (Å²) in [5.41, 5.74) is 2.88. The fraction of sp³-hybridized carbons (Fsp3) is 0.654. The van der Waals surface area contributed by atoms with Gasteiger partial charge < -0.3 is 0 Å². The molecule has 1 amide bonds. The first-order valence-electron chi connectivity index (χ1n) is 12.1. The molecule has 0 radical (unpaired) electrons. The van der Waals surface area contributed by atoms with Crippen molar-refractivity contribution in [2.45, 2.75) is 58.4 Å². The van der Waals surface area contributed by atoms with Crippen LogP contribution in [0.15, 0.2) is 35.9 Å². The quantitative estimate of drug-likeness (QED) is 0.685. The SMILES string of the molecule is CC1(C)[C@@H]2CC[C@]13CS(=O)(=O)N(C(=O)C1=C(c4ccccc4)[C@H]4[C@@H]5CC[C@@H](C5)[C@@H]14)[C@@H]3C2. The van der Waals surface area contributed by atoms with Gasteiger partial charge in [0.05, 0.1) is 11.8 Å². The van der Waals surface area contributed by atoms with E-state index in [2.05, 4.69) is 26.0 Å². The predicted octanol–water partition coefficient (Wildman–Crippen LogP) is 4.48. The van der Waals surface area contributed by atoms with Crippen LogP contribution >= 0.6 is 0 Å². The summed E-state index contributed by atoms with van der Waals surface area (Å²) in [6.45, 7) is 4.50. The van der Waals surface area contributed by atoms with Gasteiger partial charge in [-0.1, -0.05) is 44.2 Å². The third kappa shape index (κ3) is 2.04. The molecule has 1 spiro atoms. The maximum Gasteiger partial charge on any atom is 0.264 e. The second kappa shape index (κ2) is 5.65. The van der Waals surface area contributed by atoms with Crippen LogP contribution < -0.4 is 0 Å². The van der Waals surface area contributed by atoms with Crippen molar-refractivity contribution in [2.24, 2.45) is 40.4 Å². The molecule has 164 valence electrons. The number of amides is 1. The number of carbonyl (C=O) groups excluding carboxylic acids is 1. The molecule has 31 heavy (non-hydrogen) atoms. The third-order valence-electron chi connectivity index (χ3n) is 10.8. The van der Waals surface area contributed by atoms with Crippen molar-refractivity contribution in [3.8, 4) is 0 Å². The fourth-order valence-electron chi connectivity index (χ4n) is 9.28. The average Bonchev–Trinajstić information content (AvgIpc) is 3.43. The van der Waals surface area contributed by atoms with E-state index in [1.165, 1.54) is 29.1 Å². The Morgan fingerprint density at radius 3 is 2.42 bits per heavy atom. The second-order valence-electron chi connectivity index (χ2n) is 11.8. The molecule has 4 bridgehead atoms. The maximum atomic E-state index is 14.2. The summed E-state index contributed by atoms with van der Waals surface area (Å²) >= 11 is 0. The zero-order valence-electron chi connectivity index (χ0n) is 18.4. The van der Waals surface area contributed by atoms with Gasteiger partial charge in [-0.2, -0.15) is 0 Å². The highest BCUT2D eigenvalue weighted by atomic mass is 32.2. The Balaban J connectivity index is 1.36. The van der Waals surface area contributed by atoms with Crippen molar-refractivity contribution >= 4 is 21.5 Å². The third-order valence-corrected chi connectivity index (χ3v) is 12.7. The molecule has 5 fully saturated rings. The first-order chi connectivity index (χ1) is 14.8. The van der Waals surface area contributed by atoms with Gasteiger partial charge in [-0.15, -0.1) is 0 Å². The summed E-state index contributed by atoms with van der Waals surface area (Å²) in [6.07, 6.45) is 6.56. The maximum absolute atomic E-state index is 14.2. The molecule has 4 saturated carbocycles. The molecular weight excluding hydrogens is 406 g/mol. The summed E-state index contributed by atoms with van der Waals surface area (Å²) in [5, 5.41) is 0. The van der Waals surface area contributed by atoms with E-state index in [9.17, 15) is 13.2 Å². The number of rotatable bonds is 2.